The van der Waals surface area contributed by atoms with Crippen LogP contribution in [0.1, 0.15) is 45.4 Å². The van der Waals surface area contributed by atoms with Crippen molar-refractivity contribution in [2.24, 2.45) is 23.5 Å². The first kappa shape index (κ1) is 10.9. The highest BCUT2D eigenvalue weighted by atomic mass is 16.4. The molecule has 86 valence electrons. The SMILES string of the molecule is CC1C2CCCCC2CC1(N)CC(=O)O. The highest BCUT2D eigenvalue weighted by molar-refractivity contribution is 5.68. The van der Waals surface area contributed by atoms with E-state index in [1.54, 1.807) is 0 Å². The third kappa shape index (κ3) is 1.89. The molecule has 0 spiro atoms. The second-order valence-electron chi connectivity index (χ2n) is 5.50. The van der Waals surface area contributed by atoms with Gasteiger partial charge in [0.05, 0.1) is 6.42 Å². The molecular formula is C12H21NO2. The maximum atomic E-state index is 10.8. The van der Waals surface area contributed by atoms with Gasteiger partial charge in [-0.15, -0.1) is 0 Å². The molecule has 0 aromatic rings. The molecule has 3 nitrogen and oxygen atoms in total. The van der Waals surface area contributed by atoms with Crippen molar-refractivity contribution in [3.63, 3.8) is 0 Å². The smallest absolute Gasteiger partial charge is 0.305 e. The van der Waals surface area contributed by atoms with Crippen molar-refractivity contribution in [2.45, 2.75) is 51.0 Å². The number of nitrogens with two attached hydrogens (primary N) is 1. The number of fused-ring (bicyclic) bond motifs is 1. The maximum absolute atomic E-state index is 10.8. The van der Waals surface area contributed by atoms with Gasteiger partial charge in [0.15, 0.2) is 0 Å². The van der Waals surface area contributed by atoms with Crippen LogP contribution in [0.25, 0.3) is 0 Å². The third-order valence-corrected chi connectivity index (χ3v) is 4.64. The fourth-order valence-corrected chi connectivity index (χ4v) is 3.76. The molecule has 0 aromatic carbocycles. The Kier molecular flexibility index (Phi) is 2.75. The predicted molar refractivity (Wildman–Crippen MR) is 58.4 cm³/mol. The second-order valence-corrected chi connectivity index (χ2v) is 5.50. The molecule has 0 amide bonds. The Morgan fingerprint density at radius 3 is 2.73 bits per heavy atom. The number of aliphatic carboxylic acids is 1. The topological polar surface area (TPSA) is 63.3 Å². The Morgan fingerprint density at radius 1 is 1.47 bits per heavy atom. The Hall–Kier alpha value is -0.570. The summed E-state index contributed by atoms with van der Waals surface area (Å²) in [4.78, 5) is 10.8. The van der Waals surface area contributed by atoms with Gasteiger partial charge in [-0.3, -0.25) is 4.79 Å². The highest BCUT2D eigenvalue weighted by Crippen LogP contribution is 2.50. The van der Waals surface area contributed by atoms with Crippen molar-refractivity contribution < 1.29 is 9.90 Å². The fourth-order valence-electron chi connectivity index (χ4n) is 3.76. The van der Waals surface area contributed by atoms with Gasteiger partial charge in [0.1, 0.15) is 0 Å². The zero-order valence-electron chi connectivity index (χ0n) is 9.41. The van der Waals surface area contributed by atoms with E-state index in [2.05, 4.69) is 6.92 Å². The summed E-state index contributed by atoms with van der Waals surface area (Å²) < 4.78 is 0. The number of hydrogen-bond donors (Lipinski definition) is 2. The van der Waals surface area contributed by atoms with Crippen LogP contribution in [0, 0.1) is 17.8 Å². The molecule has 2 saturated carbocycles. The minimum absolute atomic E-state index is 0.140. The number of carboxylic acids is 1. The minimum Gasteiger partial charge on any atom is -0.481 e. The summed E-state index contributed by atoms with van der Waals surface area (Å²) in [7, 11) is 0. The van der Waals surface area contributed by atoms with Crippen LogP contribution in [-0.2, 0) is 4.79 Å². The van der Waals surface area contributed by atoms with Crippen molar-refractivity contribution in [3.8, 4) is 0 Å². The lowest BCUT2D eigenvalue weighted by Gasteiger charge is -2.31. The summed E-state index contributed by atoms with van der Waals surface area (Å²) in [5, 5.41) is 8.91. The van der Waals surface area contributed by atoms with Crippen molar-refractivity contribution in [1.29, 1.82) is 0 Å². The van der Waals surface area contributed by atoms with E-state index < -0.39 is 11.5 Å². The summed E-state index contributed by atoms with van der Waals surface area (Å²) in [5.41, 5.74) is 5.84. The van der Waals surface area contributed by atoms with Crippen LogP contribution in [0.3, 0.4) is 0 Å². The van der Waals surface area contributed by atoms with Gasteiger partial charge in [-0.05, 0) is 30.6 Å². The Bertz CT molecular complexity index is 266. The molecule has 0 aliphatic heterocycles. The van der Waals surface area contributed by atoms with E-state index in [9.17, 15) is 4.79 Å². The average Bonchev–Trinajstić information content (AvgIpc) is 2.39. The molecule has 0 radical (unpaired) electrons. The van der Waals surface area contributed by atoms with Crippen molar-refractivity contribution >= 4 is 5.97 Å². The van der Waals surface area contributed by atoms with Gasteiger partial charge in [-0.1, -0.05) is 26.2 Å². The molecule has 0 aromatic heterocycles. The summed E-state index contributed by atoms with van der Waals surface area (Å²) in [5.74, 6) is 1.00. The molecule has 4 unspecified atom stereocenters. The van der Waals surface area contributed by atoms with Crippen LogP contribution in [0.5, 0.6) is 0 Å². The molecule has 3 N–H and O–H groups in total. The van der Waals surface area contributed by atoms with E-state index in [0.29, 0.717) is 17.8 Å². The molecule has 4 atom stereocenters. The molecule has 2 aliphatic rings. The Labute approximate surface area is 91.0 Å². The van der Waals surface area contributed by atoms with Crippen LogP contribution in [0.15, 0.2) is 0 Å². The van der Waals surface area contributed by atoms with Gasteiger partial charge < -0.3 is 10.8 Å². The lowest BCUT2D eigenvalue weighted by Crippen LogP contribution is -2.45. The molecule has 2 rings (SSSR count). The van der Waals surface area contributed by atoms with Gasteiger partial charge in [0.2, 0.25) is 0 Å². The molecule has 2 aliphatic carbocycles. The van der Waals surface area contributed by atoms with Crippen molar-refractivity contribution in [1.82, 2.24) is 0 Å². The normalized spacial score (nSPS) is 45.1. The number of rotatable bonds is 2. The molecule has 0 heterocycles. The molecule has 2 fully saturated rings. The monoisotopic (exact) mass is 211 g/mol. The van der Waals surface area contributed by atoms with Crippen LogP contribution in [0.2, 0.25) is 0 Å². The minimum atomic E-state index is -0.747. The van der Waals surface area contributed by atoms with Crippen molar-refractivity contribution in [3.05, 3.63) is 0 Å². The summed E-state index contributed by atoms with van der Waals surface area (Å²) in [6.07, 6.45) is 6.18. The summed E-state index contributed by atoms with van der Waals surface area (Å²) >= 11 is 0. The van der Waals surface area contributed by atoms with E-state index in [-0.39, 0.29) is 6.42 Å². The first-order valence-electron chi connectivity index (χ1n) is 6.03. The van der Waals surface area contributed by atoms with Gasteiger partial charge in [0, 0.05) is 5.54 Å². The standard InChI is InChI=1S/C12H21NO2/c1-8-10-5-3-2-4-9(10)6-12(8,13)7-11(14)15/h8-10H,2-7,13H2,1H3,(H,14,15). The number of carbonyl (C=O) groups is 1. The van der Waals surface area contributed by atoms with Gasteiger partial charge in [0.25, 0.3) is 0 Å². The zero-order valence-corrected chi connectivity index (χ0v) is 9.41. The summed E-state index contributed by atoms with van der Waals surface area (Å²) in [6.45, 7) is 2.15. The highest BCUT2D eigenvalue weighted by Gasteiger charge is 2.49. The van der Waals surface area contributed by atoms with Gasteiger partial charge in [-0.25, -0.2) is 0 Å². The van der Waals surface area contributed by atoms with Crippen molar-refractivity contribution in [2.75, 3.05) is 0 Å². The molecule has 3 heteroatoms. The summed E-state index contributed by atoms with van der Waals surface area (Å²) in [6, 6.07) is 0. The molecule has 0 saturated heterocycles. The van der Waals surface area contributed by atoms with Crippen LogP contribution >= 0.6 is 0 Å². The Balaban J connectivity index is 2.12. The van der Waals surface area contributed by atoms with Crippen LogP contribution in [0.4, 0.5) is 0 Å². The van der Waals surface area contributed by atoms with E-state index in [4.69, 9.17) is 10.8 Å². The maximum Gasteiger partial charge on any atom is 0.305 e. The quantitative estimate of drug-likeness (QED) is 0.734. The van der Waals surface area contributed by atoms with E-state index in [1.807, 2.05) is 0 Å². The Morgan fingerprint density at radius 2 is 2.13 bits per heavy atom. The van der Waals surface area contributed by atoms with Crippen LogP contribution in [-0.4, -0.2) is 16.6 Å². The van der Waals surface area contributed by atoms with Crippen LogP contribution < -0.4 is 5.73 Å². The molecular weight excluding hydrogens is 190 g/mol. The van der Waals surface area contributed by atoms with E-state index in [0.717, 1.165) is 6.42 Å². The zero-order chi connectivity index (χ0) is 11.1. The predicted octanol–water partition coefficient (Wildman–Crippen LogP) is 2.00. The third-order valence-electron chi connectivity index (χ3n) is 4.64. The molecule has 15 heavy (non-hydrogen) atoms. The first-order valence-corrected chi connectivity index (χ1v) is 6.03. The number of carboxylic acid groups (broad SMARTS) is 1. The second kappa shape index (κ2) is 3.78. The lowest BCUT2D eigenvalue weighted by atomic mass is 9.77. The van der Waals surface area contributed by atoms with Gasteiger partial charge in [-0.2, -0.15) is 0 Å². The van der Waals surface area contributed by atoms with E-state index >= 15 is 0 Å². The average molecular weight is 211 g/mol. The first-order chi connectivity index (χ1) is 7.03. The molecule has 0 bridgehead atoms. The fraction of sp³-hybridized carbons (Fsp3) is 0.917. The van der Waals surface area contributed by atoms with Gasteiger partial charge >= 0.3 is 5.97 Å². The largest absolute Gasteiger partial charge is 0.481 e. The van der Waals surface area contributed by atoms with E-state index in [1.165, 1.54) is 25.7 Å². The number of hydrogen-bond acceptors (Lipinski definition) is 2. The lowest BCUT2D eigenvalue weighted by molar-refractivity contribution is -0.138.